The highest BCUT2D eigenvalue weighted by atomic mass is 16.5. The van der Waals surface area contributed by atoms with Crippen molar-refractivity contribution in [1.29, 1.82) is 0 Å². The number of nitrogens with zero attached hydrogens (tertiary/aromatic N) is 4. The highest BCUT2D eigenvalue weighted by Crippen LogP contribution is 2.35. The van der Waals surface area contributed by atoms with Gasteiger partial charge in [0.05, 0.1) is 51.1 Å². The predicted octanol–water partition coefficient (Wildman–Crippen LogP) is 5.44. The van der Waals surface area contributed by atoms with Gasteiger partial charge in [-0.3, -0.25) is 4.79 Å². The van der Waals surface area contributed by atoms with E-state index in [4.69, 9.17) is 19.2 Å². The second-order valence-electron chi connectivity index (χ2n) is 10.6. The molecule has 45 heavy (non-hydrogen) atoms. The van der Waals surface area contributed by atoms with Crippen LogP contribution in [-0.4, -0.2) is 75.6 Å². The summed E-state index contributed by atoms with van der Waals surface area (Å²) in [4.78, 5) is 26.4. The summed E-state index contributed by atoms with van der Waals surface area (Å²) in [6.45, 7) is 9.88. The maximum Gasteiger partial charge on any atom is 0.247 e. The van der Waals surface area contributed by atoms with E-state index in [1.165, 1.54) is 6.08 Å². The molecule has 1 amide bonds. The zero-order valence-corrected chi connectivity index (χ0v) is 25.3. The summed E-state index contributed by atoms with van der Waals surface area (Å²) >= 11 is 0. The number of aromatic nitrogens is 2. The van der Waals surface area contributed by atoms with E-state index < -0.39 is 0 Å². The lowest BCUT2D eigenvalue weighted by atomic mass is 10.1. The molecule has 232 valence electrons. The Hall–Kier alpha value is -5.13. The molecule has 0 atom stereocenters. The maximum atomic E-state index is 12.1. The van der Waals surface area contributed by atoms with E-state index >= 15 is 0 Å². The van der Waals surface area contributed by atoms with Crippen LogP contribution in [0.15, 0.2) is 85.6 Å². The number of nitrogens with one attached hydrogen (secondary N) is 3. The lowest BCUT2D eigenvalue weighted by Crippen LogP contribution is -2.36. The fourth-order valence-electron chi connectivity index (χ4n) is 5.34. The molecule has 2 saturated heterocycles. The van der Waals surface area contributed by atoms with Gasteiger partial charge in [0.25, 0.3) is 0 Å². The minimum Gasteiger partial charge on any atom is -0.497 e. The van der Waals surface area contributed by atoms with Crippen molar-refractivity contribution < 1.29 is 19.0 Å². The summed E-state index contributed by atoms with van der Waals surface area (Å²) in [6, 6.07) is 21.9. The van der Waals surface area contributed by atoms with Crippen molar-refractivity contribution in [1.82, 2.24) is 9.97 Å². The van der Waals surface area contributed by atoms with Gasteiger partial charge < -0.3 is 40.0 Å². The molecular formula is C34H37N7O4. The Labute approximate surface area is 262 Å². The van der Waals surface area contributed by atoms with Gasteiger partial charge >= 0.3 is 0 Å². The number of carbonyl (C=O) groups is 1. The first-order valence-corrected chi connectivity index (χ1v) is 15.0. The van der Waals surface area contributed by atoms with Crippen LogP contribution in [0.4, 0.5) is 40.1 Å². The molecule has 11 nitrogen and oxygen atoms in total. The van der Waals surface area contributed by atoms with Crippen molar-refractivity contribution in [3.63, 3.8) is 0 Å². The molecule has 4 aromatic rings. The minimum atomic E-state index is -0.321. The Bertz CT molecular complexity index is 1630. The summed E-state index contributed by atoms with van der Waals surface area (Å²) in [7, 11) is 1.59. The highest BCUT2D eigenvalue weighted by molar-refractivity contribution is 5.99. The van der Waals surface area contributed by atoms with Crippen LogP contribution in [0, 0.1) is 0 Å². The smallest absolute Gasteiger partial charge is 0.247 e. The number of hydrogen-bond donors (Lipinski definition) is 3. The van der Waals surface area contributed by atoms with Crippen LogP contribution in [0.2, 0.25) is 0 Å². The normalized spacial score (nSPS) is 14.9. The quantitative estimate of drug-likeness (QED) is 0.202. The summed E-state index contributed by atoms with van der Waals surface area (Å²) < 4.78 is 16.6. The molecule has 3 aromatic carbocycles. The number of ether oxygens (including phenoxy) is 3. The Morgan fingerprint density at radius 2 is 1.56 bits per heavy atom. The maximum absolute atomic E-state index is 12.1. The van der Waals surface area contributed by atoms with Crippen molar-refractivity contribution in [2.75, 3.05) is 85.5 Å². The molecule has 0 bridgehead atoms. The van der Waals surface area contributed by atoms with Gasteiger partial charge in [0.1, 0.15) is 5.75 Å². The Morgan fingerprint density at radius 1 is 0.844 bits per heavy atom. The number of amides is 1. The lowest BCUT2D eigenvalue weighted by molar-refractivity contribution is -0.111. The number of methoxy groups -OCH3 is 1. The first-order valence-electron chi connectivity index (χ1n) is 15.0. The molecule has 2 aliphatic rings. The second kappa shape index (κ2) is 14.1. The first-order chi connectivity index (χ1) is 22.1. The Balaban J connectivity index is 1.32. The van der Waals surface area contributed by atoms with Crippen LogP contribution in [0.25, 0.3) is 11.3 Å². The topological polar surface area (TPSA) is 113 Å². The fourth-order valence-corrected chi connectivity index (χ4v) is 5.34. The SMILES string of the molecule is C=CC(=O)Nc1cc(OC)cc(-c2nc(Nc3cccc(N4CCOCC4)c3)ncc2Nc2ccc(N3CCOCC3)cc2)c1. The van der Waals surface area contributed by atoms with Crippen LogP contribution < -0.4 is 30.5 Å². The molecule has 2 aliphatic heterocycles. The first kappa shape index (κ1) is 29.9. The standard InChI is InChI=1S/C34H37N7O4/c1-3-32(42)37-27-19-24(20-30(22-27)43-2)33-31(36-25-7-9-28(10-8-25)40-11-15-44-16-12-40)23-35-34(39-33)38-26-5-4-6-29(21-26)41-13-17-45-18-14-41/h3-10,19-23,36H,1,11-18H2,2H3,(H,37,42)(H,35,38,39). The monoisotopic (exact) mass is 607 g/mol. The van der Waals surface area contributed by atoms with Crippen molar-refractivity contribution >= 4 is 46.0 Å². The lowest BCUT2D eigenvalue weighted by Gasteiger charge is -2.29. The van der Waals surface area contributed by atoms with Gasteiger partial charge in [0.2, 0.25) is 11.9 Å². The zero-order valence-electron chi connectivity index (χ0n) is 25.3. The van der Waals surface area contributed by atoms with Crippen molar-refractivity contribution in [2.24, 2.45) is 0 Å². The number of benzene rings is 3. The highest BCUT2D eigenvalue weighted by Gasteiger charge is 2.16. The van der Waals surface area contributed by atoms with E-state index in [1.54, 1.807) is 19.4 Å². The summed E-state index contributed by atoms with van der Waals surface area (Å²) in [5.74, 6) is 0.675. The van der Waals surface area contributed by atoms with Gasteiger partial charge in [-0.15, -0.1) is 0 Å². The van der Waals surface area contributed by atoms with Gasteiger partial charge in [-0.2, -0.15) is 0 Å². The molecule has 6 rings (SSSR count). The number of hydrogen-bond acceptors (Lipinski definition) is 10. The zero-order chi connectivity index (χ0) is 31.0. The van der Waals surface area contributed by atoms with E-state index in [9.17, 15) is 4.79 Å². The van der Waals surface area contributed by atoms with E-state index in [2.05, 4.69) is 61.6 Å². The molecule has 0 aliphatic carbocycles. The second-order valence-corrected chi connectivity index (χ2v) is 10.6. The van der Waals surface area contributed by atoms with E-state index in [1.807, 2.05) is 36.4 Å². The van der Waals surface area contributed by atoms with Gasteiger partial charge in [-0.25, -0.2) is 9.97 Å². The van der Waals surface area contributed by atoms with Crippen molar-refractivity contribution in [3.05, 3.63) is 85.6 Å². The largest absolute Gasteiger partial charge is 0.497 e. The molecule has 0 unspecified atom stereocenters. The van der Waals surface area contributed by atoms with Gasteiger partial charge in [-0.05, 0) is 60.7 Å². The van der Waals surface area contributed by atoms with Gasteiger partial charge in [0.15, 0.2) is 0 Å². The predicted molar refractivity (Wildman–Crippen MR) is 178 cm³/mol. The van der Waals surface area contributed by atoms with Crippen LogP contribution >= 0.6 is 0 Å². The summed E-state index contributed by atoms with van der Waals surface area (Å²) in [6.07, 6.45) is 2.98. The molecule has 1 aromatic heterocycles. The van der Waals surface area contributed by atoms with Crippen LogP contribution in [0.3, 0.4) is 0 Å². The van der Waals surface area contributed by atoms with E-state index in [-0.39, 0.29) is 5.91 Å². The average Bonchev–Trinajstić information content (AvgIpc) is 3.10. The number of morpholine rings is 2. The minimum absolute atomic E-state index is 0.321. The molecule has 3 N–H and O–H groups in total. The van der Waals surface area contributed by atoms with Gasteiger partial charge in [-0.1, -0.05) is 12.6 Å². The molecule has 0 radical (unpaired) electrons. The molecule has 2 fully saturated rings. The Morgan fingerprint density at radius 3 is 2.24 bits per heavy atom. The molecular weight excluding hydrogens is 570 g/mol. The van der Waals surface area contributed by atoms with Crippen LogP contribution in [0.1, 0.15) is 0 Å². The van der Waals surface area contributed by atoms with Crippen molar-refractivity contribution in [2.45, 2.75) is 0 Å². The third-order valence-corrected chi connectivity index (χ3v) is 7.66. The summed E-state index contributed by atoms with van der Waals surface area (Å²) in [5.41, 5.74) is 6.62. The molecule has 0 spiro atoms. The van der Waals surface area contributed by atoms with Crippen molar-refractivity contribution in [3.8, 4) is 17.0 Å². The fraction of sp³-hybridized carbons (Fsp3) is 0.265. The third kappa shape index (κ3) is 7.51. The van der Waals surface area contributed by atoms with E-state index in [0.29, 0.717) is 42.0 Å². The van der Waals surface area contributed by atoms with E-state index in [0.717, 1.165) is 67.7 Å². The molecule has 11 heteroatoms. The molecule has 3 heterocycles. The van der Waals surface area contributed by atoms with Gasteiger partial charge in [0, 0.05) is 66.2 Å². The number of carbonyl (C=O) groups excluding carboxylic acids is 1. The third-order valence-electron chi connectivity index (χ3n) is 7.66. The summed E-state index contributed by atoms with van der Waals surface area (Å²) in [5, 5.41) is 9.70. The van der Waals surface area contributed by atoms with Crippen LogP contribution in [-0.2, 0) is 14.3 Å². The number of anilines is 7. The average molecular weight is 608 g/mol. The Kier molecular flexibility index (Phi) is 9.38. The van der Waals surface area contributed by atoms with Crippen LogP contribution in [0.5, 0.6) is 5.75 Å². The molecule has 0 saturated carbocycles. The number of rotatable bonds is 10.